The van der Waals surface area contributed by atoms with Crippen molar-refractivity contribution in [2.75, 3.05) is 13.1 Å². The quantitative estimate of drug-likeness (QED) is 0.649. The molecule has 1 saturated heterocycles. The fourth-order valence-electron chi connectivity index (χ4n) is 1.96. The molecule has 3 N–H and O–H groups in total. The van der Waals surface area contributed by atoms with Crippen molar-refractivity contribution in [2.24, 2.45) is 5.73 Å². The molecule has 70 valence electrons. The lowest BCUT2D eigenvalue weighted by Gasteiger charge is -2.34. The summed E-state index contributed by atoms with van der Waals surface area (Å²) in [7, 11) is 0. The molecule has 0 aliphatic carbocycles. The van der Waals surface area contributed by atoms with Gasteiger partial charge in [-0.3, -0.25) is 0 Å². The highest BCUT2D eigenvalue weighted by molar-refractivity contribution is 5.66. The van der Waals surface area contributed by atoms with Gasteiger partial charge in [-0.25, -0.2) is 4.79 Å². The van der Waals surface area contributed by atoms with Crippen LogP contribution in [0.15, 0.2) is 0 Å². The van der Waals surface area contributed by atoms with E-state index in [1.807, 2.05) is 6.92 Å². The van der Waals surface area contributed by atoms with Crippen molar-refractivity contribution in [3.05, 3.63) is 0 Å². The Morgan fingerprint density at radius 3 is 2.75 bits per heavy atom. The van der Waals surface area contributed by atoms with Crippen molar-refractivity contribution in [3.63, 3.8) is 0 Å². The first-order valence-electron chi connectivity index (χ1n) is 4.37. The van der Waals surface area contributed by atoms with Crippen LogP contribution in [0.4, 0.5) is 4.79 Å². The van der Waals surface area contributed by atoms with Crippen LogP contribution in [0, 0.1) is 0 Å². The van der Waals surface area contributed by atoms with Crippen LogP contribution in [0.2, 0.25) is 0 Å². The molecule has 1 heterocycles. The molecular formula is C8H16N2O2. The molecule has 1 aliphatic heterocycles. The van der Waals surface area contributed by atoms with Crippen LogP contribution in [-0.2, 0) is 0 Å². The number of nitrogens with zero attached hydrogens (tertiary/aromatic N) is 1. The summed E-state index contributed by atoms with van der Waals surface area (Å²) in [6, 6.07) is 0. The van der Waals surface area contributed by atoms with Gasteiger partial charge in [-0.05, 0) is 19.3 Å². The Morgan fingerprint density at radius 2 is 2.42 bits per heavy atom. The molecule has 1 atom stereocenters. The normalized spacial score (nSPS) is 29.3. The average Bonchev–Trinajstić information content (AvgIpc) is 2.48. The molecule has 0 saturated carbocycles. The van der Waals surface area contributed by atoms with Crippen LogP contribution < -0.4 is 5.73 Å². The molecule has 0 spiro atoms. The summed E-state index contributed by atoms with van der Waals surface area (Å²) in [5, 5.41) is 8.88. The molecule has 4 heteroatoms. The van der Waals surface area contributed by atoms with Gasteiger partial charge in [-0.2, -0.15) is 0 Å². The van der Waals surface area contributed by atoms with Crippen LogP contribution in [0.3, 0.4) is 0 Å². The van der Waals surface area contributed by atoms with Crippen LogP contribution in [-0.4, -0.2) is 34.7 Å². The number of nitrogens with two attached hydrogens (primary N) is 1. The van der Waals surface area contributed by atoms with E-state index in [2.05, 4.69) is 0 Å². The van der Waals surface area contributed by atoms with E-state index in [1.54, 1.807) is 0 Å². The lowest BCUT2D eigenvalue weighted by Crippen LogP contribution is -2.51. The van der Waals surface area contributed by atoms with Gasteiger partial charge in [-0.1, -0.05) is 6.92 Å². The van der Waals surface area contributed by atoms with Crippen molar-refractivity contribution < 1.29 is 9.90 Å². The summed E-state index contributed by atoms with van der Waals surface area (Å²) < 4.78 is 0. The summed E-state index contributed by atoms with van der Waals surface area (Å²) in [6.45, 7) is 3.07. The minimum Gasteiger partial charge on any atom is -0.465 e. The van der Waals surface area contributed by atoms with Gasteiger partial charge >= 0.3 is 6.09 Å². The Labute approximate surface area is 72.3 Å². The SMILES string of the molecule is CC[C@]1(CN)CCCN1C(=O)O. The second-order valence-corrected chi connectivity index (χ2v) is 3.32. The molecule has 0 bridgehead atoms. The second kappa shape index (κ2) is 3.31. The Bertz CT molecular complexity index is 178. The van der Waals surface area contributed by atoms with E-state index in [0.717, 1.165) is 19.3 Å². The molecule has 0 aromatic heterocycles. The van der Waals surface area contributed by atoms with E-state index in [1.165, 1.54) is 4.90 Å². The molecule has 1 fully saturated rings. The number of rotatable bonds is 2. The number of amides is 1. The number of hydrogen-bond acceptors (Lipinski definition) is 2. The molecule has 0 aromatic rings. The lowest BCUT2D eigenvalue weighted by atomic mass is 9.93. The van der Waals surface area contributed by atoms with E-state index in [9.17, 15) is 4.79 Å². The third-order valence-electron chi connectivity index (χ3n) is 2.87. The first kappa shape index (κ1) is 9.32. The maximum Gasteiger partial charge on any atom is 0.407 e. The summed E-state index contributed by atoms with van der Waals surface area (Å²) in [5.74, 6) is 0. The van der Waals surface area contributed by atoms with Crippen molar-refractivity contribution >= 4 is 6.09 Å². The smallest absolute Gasteiger partial charge is 0.407 e. The van der Waals surface area contributed by atoms with Gasteiger partial charge in [0.05, 0.1) is 5.54 Å². The summed E-state index contributed by atoms with van der Waals surface area (Å²) in [5.41, 5.74) is 5.33. The van der Waals surface area contributed by atoms with E-state index < -0.39 is 6.09 Å². The molecule has 4 nitrogen and oxygen atoms in total. The first-order chi connectivity index (χ1) is 5.66. The van der Waals surface area contributed by atoms with Crippen molar-refractivity contribution in [1.29, 1.82) is 0 Å². The zero-order chi connectivity index (χ0) is 9.19. The zero-order valence-corrected chi connectivity index (χ0v) is 7.42. The maximum absolute atomic E-state index is 10.8. The number of carbonyl (C=O) groups is 1. The van der Waals surface area contributed by atoms with Crippen LogP contribution in [0.1, 0.15) is 26.2 Å². The van der Waals surface area contributed by atoms with Crippen molar-refractivity contribution in [3.8, 4) is 0 Å². The molecular weight excluding hydrogens is 156 g/mol. The highest BCUT2D eigenvalue weighted by atomic mass is 16.4. The third kappa shape index (κ3) is 1.27. The number of carboxylic acid groups (broad SMARTS) is 1. The van der Waals surface area contributed by atoms with E-state index in [0.29, 0.717) is 13.1 Å². The second-order valence-electron chi connectivity index (χ2n) is 3.32. The first-order valence-corrected chi connectivity index (χ1v) is 4.37. The topological polar surface area (TPSA) is 66.6 Å². The molecule has 1 rings (SSSR count). The molecule has 0 radical (unpaired) electrons. The molecule has 0 aromatic carbocycles. The van der Waals surface area contributed by atoms with Gasteiger partial charge < -0.3 is 15.7 Å². The van der Waals surface area contributed by atoms with Gasteiger partial charge in [0.2, 0.25) is 0 Å². The van der Waals surface area contributed by atoms with Gasteiger partial charge in [-0.15, -0.1) is 0 Å². The summed E-state index contributed by atoms with van der Waals surface area (Å²) in [6.07, 6.45) is 1.83. The van der Waals surface area contributed by atoms with Gasteiger partial charge in [0.25, 0.3) is 0 Å². The van der Waals surface area contributed by atoms with Crippen LogP contribution in [0.25, 0.3) is 0 Å². The standard InChI is InChI=1S/C8H16N2O2/c1-2-8(6-9)4-3-5-10(8)7(11)12/h2-6,9H2,1H3,(H,11,12)/t8-/m1/s1. The molecule has 0 unspecified atom stereocenters. The number of hydrogen-bond donors (Lipinski definition) is 2. The minimum atomic E-state index is -0.834. The van der Waals surface area contributed by atoms with E-state index >= 15 is 0 Å². The molecule has 1 amide bonds. The maximum atomic E-state index is 10.8. The van der Waals surface area contributed by atoms with E-state index in [4.69, 9.17) is 10.8 Å². The third-order valence-corrected chi connectivity index (χ3v) is 2.87. The Hall–Kier alpha value is -0.770. The highest BCUT2D eigenvalue weighted by Crippen LogP contribution is 2.31. The van der Waals surface area contributed by atoms with Crippen LogP contribution in [0.5, 0.6) is 0 Å². The van der Waals surface area contributed by atoms with Crippen molar-refractivity contribution in [2.45, 2.75) is 31.7 Å². The van der Waals surface area contributed by atoms with E-state index in [-0.39, 0.29) is 5.54 Å². The Balaban J connectivity index is 2.78. The average molecular weight is 172 g/mol. The number of likely N-dealkylation sites (tertiary alicyclic amines) is 1. The zero-order valence-electron chi connectivity index (χ0n) is 7.42. The predicted octanol–water partition coefficient (Wildman–Crippen LogP) is 0.868. The summed E-state index contributed by atoms with van der Waals surface area (Å²) in [4.78, 5) is 12.3. The Kier molecular flexibility index (Phi) is 2.57. The minimum absolute atomic E-state index is 0.272. The fraction of sp³-hybridized carbons (Fsp3) is 0.875. The molecule has 12 heavy (non-hydrogen) atoms. The Morgan fingerprint density at radius 1 is 1.75 bits per heavy atom. The van der Waals surface area contributed by atoms with Gasteiger partial charge in [0.15, 0.2) is 0 Å². The van der Waals surface area contributed by atoms with Gasteiger partial charge in [0.1, 0.15) is 0 Å². The highest BCUT2D eigenvalue weighted by Gasteiger charge is 2.40. The summed E-state index contributed by atoms with van der Waals surface area (Å²) >= 11 is 0. The van der Waals surface area contributed by atoms with Gasteiger partial charge in [0, 0.05) is 13.1 Å². The molecule has 1 aliphatic rings. The van der Waals surface area contributed by atoms with Crippen molar-refractivity contribution in [1.82, 2.24) is 4.90 Å². The van der Waals surface area contributed by atoms with Crippen LogP contribution >= 0.6 is 0 Å². The largest absolute Gasteiger partial charge is 0.465 e. The lowest BCUT2D eigenvalue weighted by molar-refractivity contribution is 0.103. The fourth-order valence-corrected chi connectivity index (χ4v) is 1.96. The predicted molar refractivity (Wildman–Crippen MR) is 46.0 cm³/mol. The monoisotopic (exact) mass is 172 g/mol.